The lowest BCUT2D eigenvalue weighted by Crippen LogP contribution is -2.31. The molecule has 5 heteroatoms. The van der Waals surface area contributed by atoms with Crippen LogP contribution in [-0.2, 0) is 4.79 Å². The van der Waals surface area contributed by atoms with Crippen molar-refractivity contribution in [1.29, 1.82) is 0 Å². The second-order valence-corrected chi connectivity index (χ2v) is 6.63. The second-order valence-electron chi connectivity index (χ2n) is 6.19. The first kappa shape index (κ1) is 34.5. The van der Waals surface area contributed by atoms with Crippen molar-refractivity contribution in [2.24, 2.45) is 0 Å². The van der Waals surface area contributed by atoms with Crippen molar-refractivity contribution in [3.63, 3.8) is 0 Å². The first-order valence-electron chi connectivity index (χ1n) is 9.93. The van der Waals surface area contributed by atoms with Crippen molar-refractivity contribution >= 4 is 23.3 Å². The predicted octanol–water partition coefficient (Wildman–Crippen LogP) is 7.99. The van der Waals surface area contributed by atoms with Gasteiger partial charge in [-0.2, -0.15) is 0 Å². The van der Waals surface area contributed by atoms with Crippen molar-refractivity contribution in [1.82, 2.24) is 4.90 Å². The summed E-state index contributed by atoms with van der Waals surface area (Å²) >= 11 is 6.05. The number of ether oxygens (including phenoxy) is 1. The Labute approximate surface area is 206 Å². The topological polar surface area (TPSA) is 46.6 Å². The lowest BCUT2D eigenvalue weighted by molar-refractivity contribution is -0.130. The van der Waals surface area contributed by atoms with Crippen LogP contribution in [0.25, 0.3) is 0 Å². The Kier molecular flexibility index (Phi) is 19.3. The maximum Gasteiger partial charge on any atom is 0.264 e. The third kappa shape index (κ3) is 11.4. The standard InChI is InChI=1S/C24H26ClNO3.C2H6.2CH4/c1-7-9-10-12-18(5)24(28)20-15-19(25)13-14-22(20)29-16-23(27)26(6)21(11-8-2)17(3)4;1-2;;/h7-15H,2-3,5,16H2,1,4,6H3;1-2H3;2*1H4/b9-7-,12-10-,21-11+;;;. The summed E-state index contributed by atoms with van der Waals surface area (Å²) in [5.74, 6) is -0.384. The maximum atomic E-state index is 12.7. The molecule has 0 bridgehead atoms. The molecule has 0 spiro atoms. The zero-order valence-electron chi connectivity index (χ0n) is 19.1. The highest BCUT2D eigenvalue weighted by atomic mass is 35.5. The molecule has 0 saturated heterocycles. The van der Waals surface area contributed by atoms with Gasteiger partial charge in [-0.3, -0.25) is 9.59 Å². The van der Waals surface area contributed by atoms with E-state index in [0.29, 0.717) is 16.3 Å². The van der Waals surface area contributed by atoms with Crippen molar-refractivity contribution < 1.29 is 14.3 Å². The van der Waals surface area contributed by atoms with E-state index in [0.717, 1.165) is 0 Å². The number of hydrogen-bond acceptors (Lipinski definition) is 3. The SMILES string of the molecule is C.C.C=C/C=C(\C(=C)C)N(C)C(=O)COc1ccc(Cl)cc1C(=O)C(=C)/C=C\C=C/C.CC. The van der Waals surface area contributed by atoms with E-state index in [9.17, 15) is 9.59 Å². The molecule has 0 aliphatic rings. The molecule has 33 heavy (non-hydrogen) atoms. The lowest BCUT2D eigenvalue weighted by Gasteiger charge is -2.21. The monoisotopic (exact) mass is 473 g/mol. The zero-order valence-corrected chi connectivity index (χ0v) is 19.8. The molecular formula is C28H40ClNO3. The van der Waals surface area contributed by atoms with Gasteiger partial charge in [-0.05, 0) is 43.7 Å². The van der Waals surface area contributed by atoms with Crippen molar-refractivity contribution in [2.45, 2.75) is 42.5 Å². The minimum absolute atomic E-state index is 0. The highest BCUT2D eigenvalue weighted by Crippen LogP contribution is 2.26. The van der Waals surface area contributed by atoms with Gasteiger partial charge in [0.2, 0.25) is 0 Å². The Bertz CT molecular complexity index is 908. The van der Waals surface area contributed by atoms with Gasteiger partial charge in [-0.25, -0.2) is 0 Å². The molecule has 0 atom stereocenters. The van der Waals surface area contributed by atoms with Crippen LogP contribution < -0.4 is 4.74 Å². The summed E-state index contributed by atoms with van der Waals surface area (Å²) in [7, 11) is 1.62. The van der Waals surface area contributed by atoms with Gasteiger partial charge in [0.15, 0.2) is 12.4 Å². The third-order valence-electron chi connectivity index (χ3n) is 3.88. The fourth-order valence-corrected chi connectivity index (χ4v) is 2.53. The third-order valence-corrected chi connectivity index (χ3v) is 4.11. The van der Waals surface area contributed by atoms with E-state index in [-0.39, 0.29) is 50.0 Å². The number of allylic oxidation sites excluding steroid dienone is 8. The summed E-state index contributed by atoms with van der Waals surface area (Å²) in [5.41, 5.74) is 1.86. The number of rotatable bonds is 10. The molecule has 1 aromatic carbocycles. The predicted molar refractivity (Wildman–Crippen MR) is 145 cm³/mol. The van der Waals surface area contributed by atoms with Gasteiger partial charge in [0, 0.05) is 23.3 Å². The molecule has 1 aromatic rings. The molecule has 0 unspecified atom stereocenters. The molecular weight excluding hydrogens is 434 g/mol. The fourth-order valence-electron chi connectivity index (χ4n) is 2.36. The number of carbonyl (C=O) groups is 2. The Morgan fingerprint density at radius 3 is 2.27 bits per heavy atom. The molecule has 0 radical (unpaired) electrons. The number of Topliss-reactive ketones (excluding diaryl/α,β-unsaturated/α-hetero) is 1. The molecule has 1 amide bonds. The average Bonchev–Trinajstić information content (AvgIpc) is 2.76. The molecule has 0 saturated carbocycles. The summed E-state index contributed by atoms with van der Waals surface area (Å²) in [6.07, 6.45) is 10.2. The number of likely N-dealkylation sites (N-methyl/N-ethyl adjacent to an activating group) is 1. The number of halogens is 1. The summed E-state index contributed by atoms with van der Waals surface area (Å²) < 4.78 is 5.65. The van der Waals surface area contributed by atoms with Gasteiger partial charge in [0.25, 0.3) is 5.91 Å². The Balaban J connectivity index is -0.00000218. The minimum atomic E-state index is -0.335. The van der Waals surface area contributed by atoms with Crippen LogP contribution in [0.3, 0.4) is 0 Å². The van der Waals surface area contributed by atoms with Crippen LogP contribution in [0.1, 0.15) is 52.9 Å². The van der Waals surface area contributed by atoms with Crippen molar-refractivity contribution in [3.05, 3.63) is 102 Å². The highest BCUT2D eigenvalue weighted by molar-refractivity contribution is 6.31. The van der Waals surface area contributed by atoms with E-state index in [1.165, 1.54) is 11.0 Å². The molecule has 0 N–H and O–H groups in total. The maximum absolute atomic E-state index is 12.7. The van der Waals surface area contributed by atoms with Crippen LogP contribution in [0.2, 0.25) is 5.02 Å². The second kappa shape index (κ2) is 18.5. The van der Waals surface area contributed by atoms with Crippen LogP contribution >= 0.6 is 11.6 Å². The van der Waals surface area contributed by atoms with Gasteiger partial charge in [0.1, 0.15) is 5.75 Å². The Morgan fingerprint density at radius 2 is 1.76 bits per heavy atom. The minimum Gasteiger partial charge on any atom is -0.483 e. The van der Waals surface area contributed by atoms with Gasteiger partial charge in [-0.1, -0.05) is 90.4 Å². The Morgan fingerprint density at radius 1 is 1.15 bits per heavy atom. The summed E-state index contributed by atoms with van der Waals surface area (Å²) in [5, 5.41) is 0.382. The molecule has 0 aromatic heterocycles. The largest absolute Gasteiger partial charge is 0.483 e. The number of hydrogen-bond donors (Lipinski definition) is 0. The summed E-state index contributed by atoms with van der Waals surface area (Å²) in [6.45, 7) is 18.7. The first-order chi connectivity index (χ1) is 14.7. The molecule has 0 aliphatic carbocycles. The van der Waals surface area contributed by atoms with Crippen LogP contribution in [0, 0.1) is 0 Å². The Hall–Kier alpha value is -3.11. The lowest BCUT2D eigenvalue weighted by atomic mass is 10.0. The van der Waals surface area contributed by atoms with Crippen LogP contribution in [-0.4, -0.2) is 30.2 Å². The quantitative estimate of drug-likeness (QED) is 0.196. The number of nitrogens with zero attached hydrogens (tertiary/aromatic N) is 1. The highest BCUT2D eigenvalue weighted by Gasteiger charge is 2.18. The van der Waals surface area contributed by atoms with Crippen LogP contribution in [0.15, 0.2) is 91.2 Å². The van der Waals surface area contributed by atoms with Gasteiger partial charge >= 0.3 is 0 Å². The van der Waals surface area contributed by atoms with Crippen LogP contribution in [0.4, 0.5) is 0 Å². The van der Waals surface area contributed by atoms with Gasteiger partial charge in [-0.15, -0.1) is 0 Å². The normalized spacial score (nSPS) is 10.3. The smallest absolute Gasteiger partial charge is 0.264 e. The molecule has 0 fully saturated rings. The molecule has 1 rings (SSSR count). The zero-order chi connectivity index (χ0) is 24.0. The van der Waals surface area contributed by atoms with E-state index in [1.54, 1.807) is 56.5 Å². The summed E-state index contributed by atoms with van der Waals surface area (Å²) in [6, 6.07) is 4.65. The van der Waals surface area contributed by atoms with Gasteiger partial charge in [0.05, 0.1) is 5.56 Å². The van der Waals surface area contributed by atoms with Crippen molar-refractivity contribution in [2.75, 3.05) is 13.7 Å². The van der Waals surface area contributed by atoms with Crippen molar-refractivity contribution in [3.8, 4) is 5.75 Å². The molecule has 0 aliphatic heterocycles. The van der Waals surface area contributed by atoms with E-state index in [2.05, 4.69) is 19.7 Å². The molecule has 0 heterocycles. The molecule has 4 nitrogen and oxygen atoms in total. The van der Waals surface area contributed by atoms with E-state index in [1.807, 2.05) is 26.8 Å². The number of benzene rings is 1. The number of carbonyl (C=O) groups excluding carboxylic acids is 2. The van der Waals surface area contributed by atoms with Crippen LogP contribution in [0.5, 0.6) is 5.75 Å². The van der Waals surface area contributed by atoms with E-state index >= 15 is 0 Å². The van der Waals surface area contributed by atoms with Gasteiger partial charge < -0.3 is 9.64 Å². The average molecular weight is 474 g/mol. The van der Waals surface area contributed by atoms with E-state index < -0.39 is 0 Å². The fraction of sp³-hybridized carbons (Fsp3) is 0.286. The first-order valence-corrected chi connectivity index (χ1v) is 10.3. The number of amides is 1. The number of ketones is 1. The summed E-state index contributed by atoms with van der Waals surface area (Å²) in [4.78, 5) is 26.7. The molecule has 182 valence electrons. The van der Waals surface area contributed by atoms with E-state index in [4.69, 9.17) is 16.3 Å².